The molecule has 0 aliphatic rings. The van der Waals surface area contributed by atoms with Gasteiger partial charge in [-0.25, -0.2) is 0 Å². The summed E-state index contributed by atoms with van der Waals surface area (Å²) in [4.78, 5) is 24.1. The molecule has 1 N–H and O–H groups in total. The summed E-state index contributed by atoms with van der Waals surface area (Å²) >= 11 is 0. The summed E-state index contributed by atoms with van der Waals surface area (Å²) < 4.78 is 21.0. The summed E-state index contributed by atoms with van der Waals surface area (Å²) in [6, 6.07) is 13.7. The molecular formula is C24H31NO6. The zero-order chi connectivity index (χ0) is 22.6. The highest BCUT2D eigenvalue weighted by Crippen LogP contribution is 2.38. The van der Waals surface area contributed by atoms with Crippen molar-refractivity contribution in [2.24, 2.45) is 0 Å². The molecule has 7 nitrogen and oxygen atoms in total. The van der Waals surface area contributed by atoms with Gasteiger partial charge in [-0.3, -0.25) is 9.59 Å². The van der Waals surface area contributed by atoms with Crippen LogP contribution >= 0.6 is 0 Å². The number of ether oxygens (including phenoxy) is 4. The number of esters is 1. The van der Waals surface area contributed by atoms with E-state index in [1.807, 2.05) is 25.1 Å². The molecule has 0 spiro atoms. The average Bonchev–Trinajstić information content (AvgIpc) is 2.79. The second-order valence-corrected chi connectivity index (χ2v) is 7.19. The molecule has 1 amide bonds. The van der Waals surface area contributed by atoms with Gasteiger partial charge in [0.2, 0.25) is 5.75 Å². The predicted octanol–water partition coefficient (Wildman–Crippen LogP) is 3.33. The van der Waals surface area contributed by atoms with Gasteiger partial charge in [0.05, 0.1) is 21.3 Å². The van der Waals surface area contributed by atoms with E-state index >= 15 is 0 Å². The summed E-state index contributed by atoms with van der Waals surface area (Å²) in [5.74, 6) is 0.792. The van der Waals surface area contributed by atoms with E-state index in [0.29, 0.717) is 23.7 Å². The van der Waals surface area contributed by atoms with Crippen LogP contribution < -0.4 is 19.5 Å². The lowest BCUT2D eigenvalue weighted by Crippen LogP contribution is -2.36. The number of methoxy groups -OCH3 is 3. The number of rotatable bonds is 12. The highest BCUT2D eigenvalue weighted by Gasteiger charge is 2.15. The Morgan fingerprint density at radius 2 is 1.55 bits per heavy atom. The quantitative estimate of drug-likeness (QED) is 0.521. The van der Waals surface area contributed by atoms with Gasteiger partial charge in [-0.15, -0.1) is 0 Å². The van der Waals surface area contributed by atoms with E-state index in [-0.39, 0.29) is 25.0 Å². The molecule has 31 heavy (non-hydrogen) atoms. The maximum Gasteiger partial charge on any atom is 0.306 e. The molecule has 0 heterocycles. The molecule has 2 aromatic carbocycles. The minimum Gasteiger partial charge on any atom is -0.493 e. The molecule has 0 aliphatic carbocycles. The first kappa shape index (κ1) is 24.1. The molecule has 0 radical (unpaired) electrons. The number of benzene rings is 2. The number of hydrogen-bond donors (Lipinski definition) is 1. The highest BCUT2D eigenvalue weighted by molar-refractivity contribution is 5.80. The number of hydrogen-bond acceptors (Lipinski definition) is 6. The topological polar surface area (TPSA) is 83.1 Å². The normalized spacial score (nSPS) is 11.4. The zero-order valence-corrected chi connectivity index (χ0v) is 18.6. The minimum absolute atomic E-state index is 0.00867. The van der Waals surface area contributed by atoms with Gasteiger partial charge < -0.3 is 24.3 Å². The maximum atomic E-state index is 12.1. The van der Waals surface area contributed by atoms with E-state index in [4.69, 9.17) is 18.9 Å². The van der Waals surface area contributed by atoms with Crippen molar-refractivity contribution in [2.75, 3.05) is 27.9 Å². The van der Waals surface area contributed by atoms with Crippen molar-refractivity contribution in [3.8, 4) is 17.2 Å². The fourth-order valence-electron chi connectivity index (χ4n) is 3.16. The molecule has 0 unspecified atom stereocenters. The smallest absolute Gasteiger partial charge is 0.306 e. The summed E-state index contributed by atoms with van der Waals surface area (Å²) in [5.41, 5.74) is 2.06. The predicted molar refractivity (Wildman–Crippen MR) is 118 cm³/mol. The number of carbonyl (C=O) groups is 2. The number of amides is 1. The average molecular weight is 430 g/mol. The second kappa shape index (κ2) is 12.5. The molecule has 168 valence electrons. The lowest BCUT2D eigenvalue weighted by Gasteiger charge is -2.15. The van der Waals surface area contributed by atoms with E-state index in [0.717, 1.165) is 18.4 Å². The van der Waals surface area contributed by atoms with E-state index in [1.54, 1.807) is 12.1 Å². The Labute approximate surface area is 183 Å². The van der Waals surface area contributed by atoms with Crippen molar-refractivity contribution in [3.05, 3.63) is 53.6 Å². The van der Waals surface area contributed by atoms with Gasteiger partial charge in [-0.1, -0.05) is 30.3 Å². The Morgan fingerprint density at radius 1 is 0.903 bits per heavy atom. The fourth-order valence-corrected chi connectivity index (χ4v) is 3.16. The van der Waals surface area contributed by atoms with Crippen LogP contribution in [0.3, 0.4) is 0 Å². The monoisotopic (exact) mass is 429 g/mol. The molecule has 1 atom stereocenters. The maximum absolute atomic E-state index is 12.1. The number of aryl methyl sites for hydroxylation is 2. The van der Waals surface area contributed by atoms with Crippen molar-refractivity contribution in [1.82, 2.24) is 5.32 Å². The molecule has 0 aliphatic heterocycles. The summed E-state index contributed by atoms with van der Waals surface area (Å²) in [5, 5.41) is 2.86. The van der Waals surface area contributed by atoms with E-state index in [2.05, 4.69) is 17.4 Å². The van der Waals surface area contributed by atoms with Crippen LogP contribution in [0.2, 0.25) is 0 Å². The number of nitrogens with one attached hydrogen (secondary N) is 1. The molecule has 0 saturated carbocycles. The zero-order valence-electron chi connectivity index (χ0n) is 18.6. The van der Waals surface area contributed by atoms with E-state index < -0.39 is 5.97 Å². The van der Waals surface area contributed by atoms with Crippen LogP contribution in [0.5, 0.6) is 17.2 Å². The lowest BCUT2D eigenvalue weighted by atomic mass is 10.1. The highest BCUT2D eigenvalue weighted by atomic mass is 16.5. The Morgan fingerprint density at radius 3 is 2.13 bits per heavy atom. The van der Waals surface area contributed by atoms with Crippen molar-refractivity contribution in [2.45, 2.75) is 38.6 Å². The first-order chi connectivity index (χ1) is 15.0. The first-order valence-corrected chi connectivity index (χ1v) is 10.2. The SMILES string of the molecule is COc1cc(CCC(=O)OCC(=O)N[C@H](C)CCc2ccccc2)cc(OC)c1OC. The van der Waals surface area contributed by atoms with Gasteiger partial charge >= 0.3 is 5.97 Å². The fraction of sp³-hybridized carbons (Fsp3) is 0.417. The lowest BCUT2D eigenvalue weighted by molar-refractivity contribution is -0.148. The molecule has 0 saturated heterocycles. The van der Waals surface area contributed by atoms with Crippen molar-refractivity contribution in [1.29, 1.82) is 0 Å². The summed E-state index contributed by atoms with van der Waals surface area (Å²) in [6.45, 7) is 1.65. The van der Waals surface area contributed by atoms with E-state index in [1.165, 1.54) is 26.9 Å². The van der Waals surface area contributed by atoms with Crippen LogP contribution in [-0.2, 0) is 27.2 Å². The Bertz CT molecular complexity index is 827. The van der Waals surface area contributed by atoms with E-state index in [9.17, 15) is 9.59 Å². The van der Waals surface area contributed by atoms with Crippen LogP contribution in [0, 0.1) is 0 Å². The molecule has 0 aromatic heterocycles. The van der Waals surface area contributed by atoms with Crippen LogP contribution in [0.4, 0.5) is 0 Å². The Kier molecular flexibility index (Phi) is 9.68. The van der Waals surface area contributed by atoms with Crippen LogP contribution in [-0.4, -0.2) is 45.9 Å². The third kappa shape index (κ3) is 7.85. The van der Waals surface area contributed by atoms with Crippen LogP contribution in [0.15, 0.2) is 42.5 Å². The molecular weight excluding hydrogens is 398 g/mol. The van der Waals surface area contributed by atoms with Gasteiger partial charge in [0.1, 0.15) is 0 Å². The standard InChI is InChI=1S/C24H31NO6/c1-17(10-11-18-8-6-5-7-9-18)25-22(26)16-31-23(27)13-12-19-14-20(28-2)24(30-4)21(15-19)29-3/h5-9,14-15,17H,10-13,16H2,1-4H3,(H,25,26)/t17-/m1/s1. The molecule has 2 aromatic rings. The molecule has 2 rings (SSSR count). The summed E-state index contributed by atoms with van der Waals surface area (Å²) in [6.07, 6.45) is 2.24. The van der Waals surface area contributed by atoms with Crippen molar-refractivity contribution in [3.63, 3.8) is 0 Å². The molecule has 7 heteroatoms. The van der Waals surface area contributed by atoms with Crippen LogP contribution in [0.25, 0.3) is 0 Å². The Balaban J connectivity index is 1.74. The summed E-state index contributed by atoms with van der Waals surface area (Å²) in [7, 11) is 4.61. The van der Waals surface area contributed by atoms with Gasteiger partial charge in [-0.05, 0) is 49.4 Å². The van der Waals surface area contributed by atoms with Gasteiger partial charge in [-0.2, -0.15) is 0 Å². The van der Waals surface area contributed by atoms with Gasteiger partial charge in [0, 0.05) is 12.5 Å². The first-order valence-electron chi connectivity index (χ1n) is 10.2. The third-order valence-corrected chi connectivity index (χ3v) is 4.82. The van der Waals surface area contributed by atoms with Crippen LogP contribution in [0.1, 0.15) is 30.9 Å². The van der Waals surface area contributed by atoms with Gasteiger partial charge in [0.15, 0.2) is 18.1 Å². The largest absolute Gasteiger partial charge is 0.493 e. The molecule has 0 bridgehead atoms. The van der Waals surface area contributed by atoms with Crippen molar-refractivity contribution < 1.29 is 28.5 Å². The minimum atomic E-state index is -0.444. The third-order valence-electron chi connectivity index (χ3n) is 4.82. The molecule has 0 fully saturated rings. The Hall–Kier alpha value is -3.22. The van der Waals surface area contributed by atoms with Gasteiger partial charge in [0.25, 0.3) is 5.91 Å². The number of carbonyl (C=O) groups excluding carboxylic acids is 2. The second-order valence-electron chi connectivity index (χ2n) is 7.19. The van der Waals surface area contributed by atoms with Crippen molar-refractivity contribution >= 4 is 11.9 Å².